The van der Waals surface area contributed by atoms with Crippen LogP contribution in [0.15, 0.2) is 0 Å². The molecule has 0 aliphatic heterocycles. The van der Waals surface area contributed by atoms with Gasteiger partial charge in [0.2, 0.25) is 0 Å². The predicted molar refractivity (Wildman–Crippen MR) is 69.7 cm³/mol. The zero-order chi connectivity index (χ0) is 12.9. The van der Waals surface area contributed by atoms with Gasteiger partial charge in [0.1, 0.15) is 11.6 Å². The highest BCUT2D eigenvalue weighted by Crippen LogP contribution is 2.29. The Labute approximate surface area is 104 Å². The maximum absolute atomic E-state index is 10.7. The molecular formula is C12H23NO2S. The Morgan fingerprint density at radius 2 is 1.81 bits per heavy atom. The molecule has 0 bridgehead atoms. The fourth-order valence-electron chi connectivity index (χ4n) is 1.17. The molecule has 0 saturated heterocycles. The first-order valence-corrected chi connectivity index (χ1v) is 6.07. The quantitative estimate of drug-likeness (QED) is 0.745. The van der Waals surface area contributed by atoms with Crippen LogP contribution in [0.2, 0.25) is 0 Å². The van der Waals surface area contributed by atoms with Gasteiger partial charge in [0.25, 0.3) is 0 Å². The van der Waals surface area contributed by atoms with Crippen LogP contribution in [0.25, 0.3) is 0 Å². The number of nitrogens with two attached hydrogens (primary N) is 1. The Morgan fingerprint density at radius 1 is 1.38 bits per heavy atom. The maximum atomic E-state index is 10.7. The number of carbonyl (C=O) groups is 2. The van der Waals surface area contributed by atoms with Gasteiger partial charge in [0.05, 0.1) is 6.04 Å². The Hall–Kier alpha value is -0.350. The number of hydrogen-bond donors (Lipinski definition) is 2. The van der Waals surface area contributed by atoms with Crippen LogP contribution in [-0.4, -0.2) is 22.4 Å². The molecule has 0 amide bonds. The first kappa shape index (κ1) is 15.7. The number of ketones is 2. The van der Waals surface area contributed by atoms with E-state index in [1.54, 1.807) is 6.92 Å². The van der Waals surface area contributed by atoms with E-state index in [9.17, 15) is 9.59 Å². The Morgan fingerprint density at radius 3 is 1.88 bits per heavy atom. The number of carbonyl (C=O) groups excluding carboxylic acids is 2. The van der Waals surface area contributed by atoms with Crippen LogP contribution in [0.5, 0.6) is 0 Å². The fourth-order valence-corrected chi connectivity index (χ4v) is 1.37. The van der Waals surface area contributed by atoms with Crippen LogP contribution < -0.4 is 5.73 Å². The van der Waals surface area contributed by atoms with E-state index in [2.05, 4.69) is 12.6 Å². The molecule has 0 aromatic rings. The molecule has 94 valence electrons. The zero-order valence-electron chi connectivity index (χ0n) is 10.6. The van der Waals surface area contributed by atoms with Gasteiger partial charge in [-0.1, -0.05) is 13.8 Å². The Kier molecular flexibility index (Phi) is 6.26. The molecule has 0 spiro atoms. The van der Waals surface area contributed by atoms with Crippen LogP contribution in [0.3, 0.4) is 0 Å². The highest BCUT2D eigenvalue weighted by atomic mass is 32.1. The molecule has 0 heterocycles. The summed E-state index contributed by atoms with van der Waals surface area (Å²) in [6.07, 6.45) is 2.93. The van der Waals surface area contributed by atoms with Crippen molar-refractivity contribution in [1.82, 2.24) is 0 Å². The maximum Gasteiger partial charge on any atom is 0.146 e. The van der Waals surface area contributed by atoms with Gasteiger partial charge < -0.3 is 5.73 Å². The average molecular weight is 245 g/mol. The molecule has 0 aromatic heterocycles. The van der Waals surface area contributed by atoms with Gasteiger partial charge in [0, 0.05) is 10.7 Å². The molecule has 0 radical (unpaired) electrons. The monoisotopic (exact) mass is 245 g/mol. The summed E-state index contributed by atoms with van der Waals surface area (Å²) in [5.41, 5.74) is 5.50. The summed E-state index contributed by atoms with van der Waals surface area (Å²) in [5.74, 6) is 0.863. The third-order valence-corrected chi connectivity index (χ3v) is 2.58. The highest BCUT2D eigenvalue weighted by Gasteiger charge is 2.25. The number of rotatable bonds is 4. The largest absolute Gasteiger partial charge is 0.321 e. The lowest BCUT2D eigenvalue weighted by Gasteiger charge is -2.20. The van der Waals surface area contributed by atoms with E-state index in [-0.39, 0.29) is 16.6 Å². The molecule has 4 heteroatoms. The van der Waals surface area contributed by atoms with Gasteiger partial charge in [-0.15, -0.1) is 0 Å². The van der Waals surface area contributed by atoms with E-state index in [0.717, 1.165) is 12.8 Å². The SMILES string of the molecule is CC(=O)C1CC1.CC(=O)[C@@H](N)CC(C)(C)S. The van der Waals surface area contributed by atoms with Gasteiger partial charge in [-0.3, -0.25) is 9.59 Å². The lowest BCUT2D eigenvalue weighted by Crippen LogP contribution is -2.34. The molecule has 0 aromatic carbocycles. The predicted octanol–water partition coefficient (Wildman–Crippen LogP) is 1.99. The smallest absolute Gasteiger partial charge is 0.146 e. The first-order chi connectivity index (χ1) is 7.13. The van der Waals surface area contributed by atoms with Crippen molar-refractivity contribution in [3.8, 4) is 0 Å². The molecule has 3 nitrogen and oxygen atoms in total. The zero-order valence-corrected chi connectivity index (χ0v) is 11.5. The van der Waals surface area contributed by atoms with Crippen LogP contribution in [-0.2, 0) is 9.59 Å². The van der Waals surface area contributed by atoms with Crippen molar-refractivity contribution in [2.24, 2.45) is 11.7 Å². The van der Waals surface area contributed by atoms with Crippen molar-refractivity contribution in [2.45, 2.75) is 57.7 Å². The van der Waals surface area contributed by atoms with Crippen LogP contribution >= 0.6 is 12.6 Å². The van der Waals surface area contributed by atoms with Gasteiger partial charge in [-0.2, -0.15) is 12.6 Å². The second-order valence-corrected chi connectivity index (χ2v) is 6.33. The summed E-state index contributed by atoms with van der Waals surface area (Å²) in [4.78, 5) is 20.9. The first-order valence-electron chi connectivity index (χ1n) is 5.62. The Balaban J connectivity index is 0.000000315. The fraction of sp³-hybridized carbons (Fsp3) is 0.833. The van der Waals surface area contributed by atoms with Crippen molar-refractivity contribution >= 4 is 24.2 Å². The second kappa shape index (κ2) is 6.40. The summed E-state index contributed by atoms with van der Waals surface area (Å²) < 4.78 is -0.148. The van der Waals surface area contributed by atoms with E-state index in [1.165, 1.54) is 6.92 Å². The summed E-state index contributed by atoms with van der Waals surface area (Å²) in [5, 5.41) is 0. The van der Waals surface area contributed by atoms with Crippen molar-refractivity contribution in [2.75, 3.05) is 0 Å². The summed E-state index contributed by atoms with van der Waals surface area (Å²) in [6.45, 7) is 7.06. The molecular weight excluding hydrogens is 222 g/mol. The molecule has 1 rings (SSSR count). The third-order valence-electron chi connectivity index (χ3n) is 2.39. The second-order valence-electron chi connectivity index (χ2n) is 5.12. The van der Waals surface area contributed by atoms with Crippen molar-refractivity contribution in [3.63, 3.8) is 0 Å². The summed E-state index contributed by atoms with van der Waals surface area (Å²) >= 11 is 4.26. The lowest BCUT2D eigenvalue weighted by atomic mass is 10.0. The van der Waals surface area contributed by atoms with Crippen LogP contribution in [0.1, 0.15) is 47.0 Å². The van der Waals surface area contributed by atoms with Crippen LogP contribution in [0.4, 0.5) is 0 Å². The minimum atomic E-state index is -0.354. The molecule has 1 atom stereocenters. The molecule has 0 unspecified atom stereocenters. The number of thiol groups is 1. The van der Waals surface area contributed by atoms with Gasteiger partial charge in [-0.05, 0) is 33.1 Å². The van der Waals surface area contributed by atoms with Gasteiger partial charge in [0.15, 0.2) is 0 Å². The van der Waals surface area contributed by atoms with Crippen molar-refractivity contribution in [1.29, 1.82) is 0 Å². The van der Waals surface area contributed by atoms with E-state index < -0.39 is 0 Å². The molecule has 1 fully saturated rings. The molecule has 16 heavy (non-hydrogen) atoms. The minimum absolute atomic E-state index is 0.0297. The average Bonchev–Trinajstić information content (AvgIpc) is 2.82. The van der Waals surface area contributed by atoms with E-state index >= 15 is 0 Å². The van der Waals surface area contributed by atoms with E-state index in [0.29, 0.717) is 18.1 Å². The van der Waals surface area contributed by atoms with Gasteiger partial charge in [-0.25, -0.2) is 0 Å². The number of Topliss-reactive ketones (excluding diaryl/α,β-unsaturated/α-hetero) is 2. The van der Waals surface area contributed by atoms with Crippen molar-refractivity contribution < 1.29 is 9.59 Å². The van der Waals surface area contributed by atoms with E-state index in [1.807, 2.05) is 13.8 Å². The highest BCUT2D eigenvalue weighted by molar-refractivity contribution is 7.81. The summed E-state index contributed by atoms with van der Waals surface area (Å²) in [7, 11) is 0. The third kappa shape index (κ3) is 8.92. The minimum Gasteiger partial charge on any atom is -0.321 e. The van der Waals surface area contributed by atoms with E-state index in [4.69, 9.17) is 5.73 Å². The Bertz CT molecular complexity index is 254. The normalized spacial score (nSPS) is 17.1. The molecule has 1 aliphatic rings. The topological polar surface area (TPSA) is 60.2 Å². The number of hydrogen-bond acceptors (Lipinski definition) is 4. The standard InChI is InChI=1S/C7H15NOS.C5H8O/c1-5(9)6(8)4-7(2,3)10;1-4(6)5-2-3-5/h6,10H,4,8H2,1-3H3;5H,2-3H2,1H3/t6-;/m0./s1. The molecule has 1 saturated carbocycles. The van der Waals surface area contributed by atoms with Crippen LogP contribution in [0, 0.1) is 5.92 Å². The van der Waals surface area contributed by atoms with Gasteiger partial charge >= 0.3 is 0 Å². The van der Waals surface area contributed by atoms with Crippen molar-refractivity contribution in [3.05, 3.63) is 0 Å². The summed E-state index contributed by atoms with van der Waals surface area (Å²) in [6, 6.07) is -0.354. The molecule has 2 N–H and O–H groups in total. The molecule has 1 aliphatic carbocycles. The lowest BCUT2D eigenvalue weighted by molar-refractivity contribution is -0.119.